The molecule has 6 N–H and O–H groups in total. The number of rotatable bonds is 23. The van der Waals surface area contributed by atoms with E-state index in [1.165, 1.54) is 0 Å². The molecule has 0 aliphatic rings. The van der Waals surface area contributed by atoms with Crippen LogP contribution in [0.2, 0.25) is 0 Å². The SMILES string of the molecule is N#CC(C(=O)OCC(COC(=O)C(C(N)=O)=C(c1ccccc1)c1ccccc1)(COC(=O)C(C(N)=O)=C(c1ccccc1)c1ccccc1)COC(=O)C(C(N)=O)=C(c1ccccc1)c1ccccc1)=C(c1ccccc1)c1ccccc1. The van der Waals surface area contributed by atoms with Crippen molar-refractivity contribution >= 4 is 63.9 Å². The maximum Gasteiger partial charge on any atom is 0.349 e. The van der Waals surface area contributed by atoms with E-state index in [1.54, 1.807) is 243 Å². The molecule has 0 aromatic heterocycles. The number of nitriles is 1. The summed E-state index contributed by atoms with van der Waals surface area (Å²) >= 11 is 0. The van der Waals surface area contributed by atoms with Crippen LogP contribution in [0.1, 0.15) is 44.5 Å². The van der Waals surface area contributed by atoms with Gasteiger partial charge in [-0.3, -0.25) is 14.4 Å². The fraction of sp³-hybridized carbons (Fsp3) is 0.0725. The third-order valence-electron chi connectivity index (χ3n) is 13.2. The minimum Gasteiger partial charge on any atom is -0.461 e. The molecule has 15 heteroatoms. The Bertz CT molecular complexity index is 3390. The van der Waals surface area contributed by atoms with E-state index >= 15 is 0 Å². The normalized spacial score (nSPS) is 10.6. The molecule has 8 rings (SSSR count). The van der Waals surface area contributed by atoms with E-state index < -0.39 is 95.7 Å². The maximum atomic E-state index is 14.9. The van der Waals surface area contributed by atoms with Crippen LogP contribution < -0.4 is 17.2 Å². The van der Waals surface area contributed by atoms with Crippen LogP contribution in [-0.2, 0) is 52.5 Å². The van der Waals surface area contributed by atoms with E-state index in [-0.39, 0.29) is 22.3 Å². The van der Waals surface area contributed by atoms with Gasteiger partial charge in [-0.25, -0.2) is 19.2 Å². The third-order valence-corrected chi connectivity index (χ3v) is 13.2. The lowest BCUT2D eigenvalue weighted by atomic mass is 9.90. The molecule has 416 valence electrons. The molecule has 0 aliphatic heterocycles. The fourth-order valence-electron chi connectivity index (χ4n) is 9.25. The maximum absolute atomic E-state index is 14.9. The molecule has 3 amide bonds. The van der Waals surface area contributed by atoms with Crippen LogP contribution in [0.4, 0.5) is 0 Å². The molecule has 0 spiro atoms. The Hall–Kier alpha value is -11.5. The third kappa shape index (κ3) is 14.3. The molecule has 15 nitrogen and oxygen atoms in total. The molecular weight excluding hydrogens is 1060 g/mol. The monoisotopic (exact) mass is 1110 g/mol. The Balaban J connectivity index is 1.32. The smallest absolute Gasteiger partial charge is 0.349 e. The van der Waals surface area contributed by atoms with Crippen LogP contribution >= 0.6 is 0 Å². The topological polar surface area (TPSA) is 258 Å². The summed E-state index contributed by atoms with van der Waals surface area (Å²) in [5.74, 6) is -8.86. The van der Waals surface area contributed by atoms with Crippen LogP contribution in [0.5, 0.6) is 0 Å². The molecule has 0 unspecified atom stereocenters. The van der Waals surface area contributed by atoms with Crippen molar-refractivity contribution in [3.63, 3.8) is 0 Å². The molecule has 0 saturated carbocycles. The first-order valence-corrected chi connectivity index (χ1v) is 26.2. The van der Waals surface area contributed by atoms with Gasteiger partial charge in [-0.1, -0.05) is 243 Å². The van der Waals surface area contributed by atoms with Crippen LogP contribution in [0, 0.1) is 16.7 Å². The van der Waals surface area contributed by atoms with Gasteiger partial charge in [0.15, 0.2) is 0 Å². The Morgan fingerprint density at radius 1 is 0.298 bits per heavy atom. The fourth-order valence-corrected chi connectivity index (χ4v) is 9.25. The number of carbonyl (C=O) groups is 7. The number of nitrogens with zero attached hydrogens (tertiary/aromatic N) is 1. The highest BCUT2D eigenvalue weighted by Gasteiger charge is 2.41. The van der Waals surface area contributed by atoms with Gasteiger partial charge in [0.1, 0.15) is 60.2 Å². The standard InChI is InChI=1S/C69H54N4O11/c70-41-54(55(46-25-9-1-10-26-46)47-27-11-2-12-28-47)65(77)81-42-69(43-82-66(78)59(62(71)74)56(48-29-13-3-14-30-48)49-31-15-4-16-32-49,44-83-67(79)60(63(72)75)57(50-33-17-5-18-34-50)51-35-19-6-20-36-51)45-84-68(80)61(64(73)76)58(52-37-21-7-22-38-52)53-39-23-8-24-40-53/h1-40H,42-45H2,(H2,71,74)(H2,72,75)(H2,73,76). The summed E-state index contributed by atoms with van der Waals surface area (Å²) < 4.78 is 24.2. The molecule has 84 heavy (non-hydrogen) atoms. The second-order valence-electron chi connectivity index (χ2n) is 18.9. The molecule has 0 fully saturated rings. The van der Waals surface area contributed by atoms with Crippen LogP contribution in [-0.4, -0.2) is 68.0 Å². The van der Waals surface area contributed by atoms with Gasteiger partial charge < -0.3 is 36.1 Å². The van der Waals surface area contributed by atoms with Crippen molar-refractivity contribution in [1.29, 1.82) is 5.26 Å². The van der Waals surface area contributed by atoms with E-state index in [2.05, 4.69) is 0 Å². The van der Waals surface area contributed by atoms with E-state index in [0.29, 0.717) is 44.5 Å². The van der Waals surface area contributed by atoms with Gasteiger partial charge >= 0.3 is 23.9 Å². The Morgan fingerprint density at radius 3 is 0.655 bits per heavy atom. The van der Waals surface area contributed by atoms with Crippen molar-refractivity contribution in [2.24, 2.45) is 22.6 Å². The minimum absolute atomic E-state index is 0.0675. The number of esters is 4. The van der Waals surface area contributed by atoms with Crippen LogP contribution in [0.25, 0.3) is 22.3 Å². The molecule has 8 aromatic carbocycles. The van der Waals surface area contributed by atoms with Crippen molar-refractivity contribution in [3.05, 3.63) is 309 Å². The Kier molecular flexibility index (Phi) is 19.6. The molecule has 0 atom stereocenters. The molecule has 8 aromatic rings. The Labute approximate surface area is 484 Å². The van der Waals surface area contributed by atoms with Gasteiger partial charge in [-0.15, -0.1) is 0 Å². The number of benzene rings is 8. The largest absolute Gasteiger partial charge is 0.461 e. The molecule has 0 radical (unpaired) electrons. The zero-order valence-electron chi connectivity index (χ0n) is 45.1. The van der Waals surface area contributed by atoms with E-state index in [0.717, 1.165) is 0 Å². The van der Waals surface area contributed by atoms with Gasteiger partial charge in [0.05, 0.1) is 0 Å². The summed E-state index contributed by atoms with van der Waals surface area (Å²) in [6, 6.07) is 69.3. The summed E-state index contributed by atoms with van der Waals surface area (Å²) in [5, 5.41) is 10.8. The molecule has 0 aliphatic carbocycles. The first kappa shape index (κ1) is 58.6. The average Bonchev–Trinajstić information content (AvgIpc) is 3.63. The first-order chi connectivity index (χ1) is 40.8. The van der Waals surface area contributed by atoms with Crippen molar-refractivity contribution in [2.75, 3.05) is 26.4 Å². The lowest BCUT2D eigenvalue weighted by molar-refractivity contribution is -0.165. The van der Waals surface area contributed by atoms with Crippen LogP contribution in [0.3, 0.4) is 0 Å². The molecule has 0 saturated heterocycles. The zero-order valence-corrected chi connectivity index (χ0v) is 45.1. The van der Waals surface area contributed by atoms with Gasteiger partial charge in [-0.2, -0.15) is 5.26 Å². The summed E-state index contributed by atoms with van der Waals surface area (Å²) in [4.78, 5) is 101. The Morgan fingerprint density at radius 2 is 0.476 bits per heavy atom. The first-order valence-electron chi connectivity index (χ1n) is 26.2. The molecular formula is C69H54N4O11. The quantitative estimate of drug-likeness (QED) is 0.0135. The highest BCUT2D eigenvalue weighted by molar-refractivity contribution is 6.25. The van der Waals surface area contributed by atoms with E-state index in [4.69, 9.17) is 36.1 Å². The number of amides is 3. The summed E-state index contributed by atoms with van der Waals surface area (Å²) in [5.41, 5.74) is 17.1. The molecule has 0 heterocycles. The number of hydrogen-bond acceptors (Lipinski definition) is 12. The summed E-state index contributed by atoms with van der Waals surface area (Å²) in [7, 11) is 0. The number of primary amides is 3. The van der Waals surface area contributed by atoms with Crippen LogP contribution in [0.15, 0.2) is 265 Å². The number of nitrogens with two attached hydrogens (primary N) is 3. The summed E-state index contributed by atoms with van der Waals surface area (Å²) in [6.45, 7) is -4.13. The van der Waals surface area contributed by atoms with Gasteiger partial charge in [-0.05, 0) is 44.5 Å². The predicted molar refractivity (Wildman–Crippen MR) is 315 cm³/mol. The lowest BCUT2D eigenvalue weighted by Gasteiger charge is -2.32. The average molecular weight is 1120 g/mol. The van der Waals surface area contributed by atoms with Gasteiger partial charge in [0, 0.05) is 22.3 Å². The highest BCUT2D eigenvalue weighted by atomic mass is 16.6. The van der Waals surface area contributed by atoms with E-state index in [9.17, 15) is 38.8 Å². The second-order valence-corrected chi connectivity index (χ2v) is 18.9. The predicted octanol–water partition coefficient (Wildman–Crippen LogP) is 9.13. The number of ether oxygens (including phenoxy) is 4. The van der Waals surface area contributed by atoms with E-state index in [1.807, 2.05) is 6.07 Å². The molecule has 0 bridgehead atoms. The van der Waals surface area contributed by atoms with Crippen molar-refractivity contribution < 1.29 is 52.5 Å². The van der Waals surface area contributed by atoms with Crippen molar-refractivity contribution in [2.45, 2.75) is 0 Å². The zero-order chi connectivity index (χ0) is 59.4. The minimum atomic E-state index is -2.29. The number of carbonyl (C=O) groups excluding carboxylic acids is 7. The van der Waals surface area contributed by atoms with Gasteiger partial charge in [0.25, 0.3) is 17.7 Å². The van der Waals surface area contributed by atoms with Gasteiger partial charge in [0.2, 0.25) is 0 Å². The lowest BCUT2D eigenvalue weighted by Crippen LogP contribution is -2.45. The summed E-state index contributed by atoms with van der Waals surface area (Å²) in [6.07, 6.45) is 0. The van der Waals surface area contributed by atoms with Crippen molar-refractivity contribution in [1.82, 2.24) is 0 Å². The van der Waals surface area contributed by atoms with Crippen molar-refractivity contribution in [3.8, 4) is 6.07 Å². The second kappa shape index (κ2) is 28.1. The number of hydrogen-bond donors (Lipinski definition) is 3. The highest BCUT2D eigenvalue weighted by Crippen LogP contribution is 2.34.